The summed E-state index contributed by atoms with van der Waals surface area (Å²) in [4.78, 5) is 32.4. The normalized spacial score (nSPS) is 14.2. The third-order valence-corrected chi connectivity index (χ3v) is 4.05. The number of allylic oxidation sites excluding steroid dienone is 2. The minimum Gasteiger partial charge on any atom is -0.481 e. The molecule has 1 aliphatic rings. The number of nitrogens with one attached hydrogen (secondary N) is 2. The van der Waals surface area contributed by atoms with Crippen LogP contribution in [0.15, 0.2) is 36.0 Å². The summed E-state index contributed by atoms with van der Waals surface area (Å²) in [6, 6.07) is 3.12. The fourth-order valence-corrected chi connectivity index (χ4v) is 2.82. The number of piperidine rings is 1. The molecular formula is C20H27N5O4. The summed E-state index contributed by atoms with van der Waals surface area (Å²) in [7, 11) is 0. The number of carboxylic acids is 1. The number of nitrogens with two attached hydrogens (primary N) is 2. The van der Waals surface area contributed by atoms with Crippen molar-refractivity contribution in [2.45, 2.75) is 19.8 Å². The summed E-state index contributed by atoms with van der Waals surface area (Å²) in [6.07, 6.45) is 7.46. The molecule has 1 fully saturated rings. The number of aldehydes is 1. The van der Waals surface area contributed by atoms with Gasteiger partial charge < -0.3 is 27.3 Å². The molecule has 1 amide bonds. The molecule has 0 aromatic heterocycles. The number of nitrogen functional groups attached to an aromatic ring is 1. The average molecular weight is 401 g/mol. The number of rotatable bonds is 6. The van der Waals surface area contributed by atoms with Crippen molar-refractivity contribution in [3.05, 3.63) is 42.0 Å². The first-order chi connectivity index (χ1) is 13.8. The van der Waals surface area contributed by atoms with Crippen LogP contribution >= 0.6 is 0 Å². The second-order valence-electron chi connectivity index (χ2n) is 6.41. The van der Waals surface area contributed by atoms with Crippen molar-refractivity contribution >= 4 is 41.3 Å². The molecule has 0 unspecified atom stereocenters. The Kier molecular flexibility index (Phi) is 9.83. The molecule has 0 atom stereocenters. The second kappa shape index (κ2) is 12.1. The van der Waals surface area contributed by atoms with E-state index in [0.717, 1.165) is 32.9 Å². The molecule has 1 heterocycles. The Morgan fingerprint density at radius 3 is 2.52 bits per heavy atom. The molecule has 156 valence electrons. The summed E-state index contributed by atoms with van der Waals surface area (Å²) >= 11 is 0. The van der Waals surface area contributed by atoms with Gasteiger partial charge >= 0.3 is 0 Å². The van der Waals surface area contributed by atoms with Gasteiger partial charge in [-0.1, -0.05) is 12.7 Å². The van der Waals surface area contributed by atoms with Gasteiger partial charge in [-0.15, -0.1) is 0 Å². The maximum atomic E-state index is 12.1. The van der Waals surface area contributed by atoms with Crippen molar-refractivity contribution in [2.24, 2.45) is 16.9 Å². The predicted octanol–water partition coefficient (Wildman–Crippen LogP) is 1.62. The molecule has 0 bridgehead atoms. The molecule has 0 spiro atoms. The van der Waals surface area contributed by atoms with Gasteiger partial charge in [0.2, 0.25) is 5.91 Å². The smallest absolute Gasteiger partial charge is 0.300 e. The number of nitrogens with zero attached hydrogens (tertiary/aromatic N) is 1. The van der Waals surface area contributed by atoms with Crippen LogP contribution in [0.5, 0.6) is 0 Å². The number of carboxylic acid groups (broad SMARTS) is 1. The van der Waals surface area contributed by atoms with Gasteiger partial charge in [0.1, 0.15) is 0 Å². The van der Waals surface area contributed by atoms with E-state index < -0.39 is 5.97 Å². The Balaban J connectivity index is 0.000000960. The number of hydrogen-bond donors (Lipinski definition) is 5. The van der Waals surface area contributed by atoms with Crippen molar-refractivity contribution < 1.29 is 19.5 Å². The number of carbonyl (C=O) groups is 3. The van der Waals surface area contributed by atoms with E-state index in [9.17, 15) is 9.59 Å². The molecule has 0 saturated carbocycles. The van der Waals surface area contributed by atoms with E-state index in [4.69, 9.17) is 21.5 Å². The van der Waals surface area contributed by atoms with E-state index >= 15 is 0 Å². The van der Waals surface area contributed by atoms with E-state index in [0.29, 0.717) is 40.3 Å². The zero-order valence-electron chi connectivity index (χ0n) is 16.4. The molecule has 1 aromatic rings. The average Bonchev–Trinajstić information content (AvgIpc) is 2.66. The van der Waals surface area contributed by atoms with Crippen molar-refractivity contribution in [3.8, 4) is 0 Å². The highest BCUT2D eigenvalue weighted by Crippen LogP contribution is 2.27. The van der Waals surface area contributed by atoms with Crippen LogP contribution in [0.4, 0.5) is 11.4 Å². The standard InChI is InChI=1S/C18H23N5O2.C2H4O2/c1-12(10-22-20)18-14(11-24)8-15(9-16(18)19)23-17(25)3-2-13-4-6-21-7-5-13;1-2(3)4/h2-3,8-11,13,21H,1,4-7,19-20H2,(H,23,25);1H3,(H,3,4)/b3-2+,22-10-;. The topological polar surface area (TPSA) is 160 Å². The van der Waals surface area contributed by atoms with E-state index in [1.165, 1.54) is 12.3 Å². The Hall–Kier alpha value is -3.46. The van der Waals surface area contributed by atoms with E-state index in [2.05, 4.69) is 22.3 Å². The molecule has 1 aliphatic heterocycles. The Bertz CT molecular complexity index is 807. The summed E-state index contributed by atoms with van der Waals surface area (Å²) in [5, 5.41) is 16.8. The second-order valence-corrected chi connectivity index (χ2v) is 6.41. The Labute approximate surface area is 169 Å². The SMILES string of the molecule is C=C(/C=N\N)c1c(N)cc(NC(=O)/C=C/C2CCNCC2)cc1C=O.CC(=O)O. The van der Waals surface area contributed by atoms with Crippen molar-refractivity contribution in [1.82, 2.24) is 5.32 Å². The molecule has 7 N–H and O–H groups in total. The third-order valence-electron chi connectivity index (χ3n) is 4.05. The summed E-state index contributed by atoms with van der Waals surface area (Å²) in [6.45, 7) is 6.80. The van der Waals surface area contributed by atoms with Crippen molar-refractivity contribution in [3.63, 3.8) is 0 Å². The van der Waals surface area contributed by atoms with Crippen LogP contribution in [0.2, 0.25) is 0 Å². The Morgan fingerprint density at radius 2 is 1.97 bits per heavy atom. The van der Waals surface area contributed by atoms with Crippen LogP contribution in [0.1, 0.15) is 35.7 Å². The molecular weight excluding hydrogens is 374 g/mol. The van der Waals surface area contributed by atoms with Crippen LogP contribution in [0, 0.1) is 5.92 Å². The van der Waals surface area contributed by atoms with E-state index in [1.54, 1.807) is 12.1 Å². The molecule has 9 heteroatoms. The van der Waals surface area contributed by atoms with Crippen LogP contribution in [0.25, 0.3) is 5.57 Å². The van der Waals surface area contributed by atoms with Gasteiger partial charge in [0.05, 0.1) is 6.21 Å². The summed E-state index contributed by atoms with van der Waals surface area (Å²) in [5.74, 6) is 4.42. The molecule has 1 aromatic carbocycles. The molecule has 2 rings (SSSR count). The van der Waals surface area contributed by atoms with Crippen molar-refractivity contribution in [1.29, 1.82) is 0 Å². The Morgan fingerprint density at radius 1 is 1.34 bits per heavy atom. The highest BCUT2D eigenvalue weighted by atomic mass is 16.4. The number of anilines is 2. The lowest BCUT2D eigenvalue weighted by Crippen LogP contribution is -2.26. The third kappa shape index (κ3) is 8.39. The summed E-state index contributed by atoms with van der Waals surface area (Å²) in [5.41, 5.74) is 7.94. The largest absolute Gasteiger partial charge is 0.481 e. The minimum atomic E-state index is -0.833. The van der Waals surface area contributed by atoms with Gasteiger partial charge in [-0.25, -0.2) is 0 Å². The number of aliphatic carboxylic acids is 1. The van der Waals surface area contributed by atoms with Crippen LogP contribution in [0.3, 0.4) is 0 Å². The zero-order chi connectivity index (χ0) is 21.8. The molecule has 0 aliphatic carbocycles. The van der Waals surface area contributed by atoms with Gasteiger partial charge in [0.25, 0.3) is 5.97 Å². The number of amides is 1. The number of benzene rings is 1. The van der Waals surface area contributed by atoms with Gasteiger partial charge in [-0.2, -0.15) is 5.10 Å². The van der Waals surface area contributed by atoms with Crippen LogP contribution in [-0.4, -0.2) is 42.6 Å². The number of carbonyl (C=O) groups excluding carboxylic acids is 2. The highest BCUT2D eigenvalue weighted by molar-refractivity contribution is 6.14. The van der Waals surface area contributed by atoms with Crippen LogP contribution in [-0.2, 0) is 9.59 Å². The first-order valence-corrected chi connectivity index (χ1v) is 8.99. The summed E-state index contributed by atoms with van der Waals surface area (Å²) < 4.78 is 0. The van der Waals surface area contributed by atoms with E-state index in [1.807, 2.05) is 6.08 Å². The zero-order valence-corrected chi connectivity index (χ0v) is 16.4. The first kappa shape index (κ1) is 23.6. The fraction of sp³-hybridized carbons (Fsp3) is 0.300. The van der Waals surface area contributed by atoms with Gasteiger partial charge in [0.15, 0.2) is 6.29 Å². The molecule has 29 heavy (non-hydrogen) atoms. The maximum Gasteiger partial charge on any atom is 0.300 e. The van der Waals surface area contributed by atoms with Gasteiger partial charge in [-0.05, 0) is 55.6 Å². The quantitative estimate of drug-likeness (QED) is 0.121. The van der Waals surface area contributed by atoms with Gasteiger partial charge in [-0.3, -0.25) is 14.4 Å². The number of hydrazone groups is 1. The van der Waals surface area contributed by atoms with E-state index in [-0.39, 0.29) is 5.91 Å². The lowest BCUT2D eigenvalue weighted by molar-refractivity contribution is -0.134. The lowest BCUT2D eigenvalue weighted by atomic mass is 9.97. The molecule has 9 nitrogen and oxygen atoms in total. The number of hydrogen-bond acceptors (Lipinski definition) is 7. The predicted molar refractivity (Wildman–Crippen MR) is 115 cm³/mol. The minimum absolute atomic E-state index is 0.259. The van der Waals surface area contributed by atoms with Gasteiger partial charge in [0, 0.05) is 29.4 Å². The highest BCUT2D eigenvalue weighted by Gasteiger charge is 2.13. The maximum absolute atomic E-state index is 12.1. The van der Waals surface area contributed by atoms with Crippen molar-refractivity contribution in [2.75, 3.05) is 24.1 Å². The first-order valence-electron chi connectivity index (χ1n) is 8.99. The monoisotopic (exact) mass is 401 g/mol. The fourth-order valence-electron chi connectivity index (χ4n) is 2.82. The van der Waals surface area contributed by atoms with Crippen LogP contribution < -0.4 is 22.2 Å². The lowest BCUT2D eigenvalue weighted by Gasteiger charge is -2.19. The molecule has 1 saturated heterocycles. The molecule has 0 radical (unpaired) electrons.